The van der Waals surface area contributed by atoms with Gasteiger partial charge in [-0.25, -0.2) is 4.79 Å². The lowest BCUT2D eigenvalue weighted by molar-refractivity contribution is -0.385. The van der Waals surface area contributed by atoms with E-state index in [0.717, 1.165) is 24.3 Å². The summed E-state index contributed by atoms with van der Waals surface area (Å²) in [5.74, 6) is -1.70. The monoisotopic (exact) mass is 396 g/mol. The molecule has 10 heteroatoms. The lowest BCUT2D eigenvalue weighted by Gasteiger charge is -2.15. The smallest absolute Gasteiger partial charge is 0.416 e. The topological polar surface area (TPSA) is 98.5 Å². The lowest BCUT2D eigenvalue weighted by Crippen LogP contribution is -2.30. The van der Waals surface area contributed by atoms with Gasteiger partial charge in [-0.15, -0.1) is 0 Å². The van der Waals surface area contributed by atoms with Crippen LogP contribution in [0.4, 0.5) is 24.5 Å². The molecule has 2 rings (SSSR count). The number of halogens is 3. The van der Waals surface area contributed by atoms with Gasteiger partial charge < -0.3 is 10.1 Å². The van der Waals surface area contributed by atoms with Crippen molar-refractivity contribution in [2.24, 2.45) is 0 Å². The molecule has 1 N–H and O–H groups in total. The summed E-state index contributed by atoms with van der Waals surface area (Å²) >= 11 is 0. The van der Waals surface area contributed by atoms with Crippen LogP contribution in [-0.2, 0) is 15.7 Å². The highest BCUT2D eigenvalue weighted by atomic mass is 19.4. The standard InChI is InChI=1S/C18H15F3N2O5/c1-10-14(4-3-5-15(10)23(26)27)17(25)28-11(2)16(24)22-13-8-6-12(7-9-13)18(19,20)21/h3-9,11H,1-2H3,(H,22,24)/t11-/m1/s1. The summed E-state index contributed by atoms with van der Waals surface area (Å²) in [4.78, 5) is 34.6. The predicted octanol–water partition coefficient (Wildman–Crippen LogP) is 4.11. The normalized spacial score (nSPS) is 12.2. The van der Waals surface area contributed by atoms with Gasteiger partial charge >= 0.3 is 12.1 Å². The molecule has 0 bridgehead atoms. The quantitative estimate of drug-likeness (QED) is 0.466. The van der Waals surface area contributed by atoms with E-state index in [1.165, 1.54) is 32.0 Å². The molecule has 1 atom stereocenters. The summed E-state index contributed by atoms with van der Waals surface area (Å²) in [7, 11) is 0. The van der Waals surface area contributed by atoms with Crippen molar-refractivity contribution in [3.8, 4) is 0 Å². The van der Waals surface area contributed by atoms with Crippen molar-refractivity contribution < 1.29 is 32.4 Å². The molecule has 28 heavy (non-hydrogen) atoms. The minimum Gasteiger partial charge on any atom is -0.449 e. The number of benzene rings is 2. The SMILES string of the molecule is Cc1c(C(=O)O[C@H](C)C(=O)Nc2ccc(C(F)(F)F)cc2)cccc1[N+](=O)[O-]. The van der Waals surface area contributed by atoms with Gasteiger partial charge in [-0.05, 0) is 44.2 Å². The van der Waals surface area contributed by atoms with Gasteiger partial charge in [0.15, 0.2) is 6.10 Å². The van der Waals surface area contributed by atoms with Crippen LogP contribution in [0.1, 0.15) is 28.4 Å². The number of esters is 1. The fraction of sp³-hybridized carbons (Fsp3) is 0.222. The number of ether oxygens (including phenoxy) is 1. The van der Waals surface area contributed by atoms with E-state index in [1.807, 2.05) is 0 Å². The minimum absolute atomic E-state index is 0.0663. The second-order valence-electron chi connectivity index (χ2n) is 5.82. The molecule has 148 valence electrons. The van der Waals surface area contributed by atoms with Crippen LogP contribution in [0.5, 0.6) is 0 Å². The zero-order chi connectivity index (χ0) is 21.1. The van der Waals surface area contributed by atoms with E-state index >= 15 is 0 Å². The van der Waals surface area contributed by atoms with Crippen molar-refractivity contribution >= 4 is 23.3 Å². The van der Waals surface area contributed by atoms with Crippen LogP contribution in [0.2, 0.25) is 0 Å². The van der Waals surface area contributed by atoms with Crippen molar-refractivity contribution in [3.63, 3.8) is 0 Å². The van der Waals surface area contributed by atoms with Gasteiger partial charge in [-0.3, -0.25) is 14.9 Å². The van der Waals surface area contributed by atoms with Gasteiger partial charge in [0.1, 0.15) is 0 Å². The first kappa shape index (κ1) is 20.9. The van der Waals surface area contributed by atoms with Gasteiger partial charge in [0.05, 0.1) is 16.1 Å². The molecule has 0 saturated carbocycles. The Morgan fingerprint density at radius 1 is 1.14 bits per heavy atom. The highest BCUT2D eigenvalue weighted by Gasteiger charge is 2.30. The third-order valence-electron chi connectivity index (χ3n) is 3.85. The van der Waals surface area contributed by atoms with Gasteiger partial charge in [-0.1, -0.05) is 6.07 Å². The Hall–Kier alpha value is -3.43. The maximum Gasteiger partial charge on any atom is 0.416 e. The summed E-state index contributed by atoms with van der Waals surface area (Å²) in [5.41, 5.74) is -1.02. The van der Waals surface area contributed by atoms with E-state index < -0.39 is 34.6 Å². The Morgan fingerprint density at radius 2 is 1.75 bits per heavy atom. The molecule has 0 saturated heterocycles. The molecule has 0 aliphatic carbocycles. The highest BCUT2D eigenvalue weighted by Crippen LogP contribution is 2.30. The fourth-order valence-corrected chi connectivity index (χ4v) is 2.31. The number of carbonyl (C=O) groups excluding carboxylic acids is 2. The summed E-state index contributed by atoms with van der Waals surface area (Å²) in [6.45, 7) is 2.64. The Balaban J connectivity index is 2.05. The van der Waals surface area contributed by atoms with Crippen molar-refractivity contribution in [2.45, 2.75) is 26.1 Å². The Labute approximate surface area is 157 Å². The van der Waals surface area contributed by atoms with Crippen LogP contribution in [0, 0.1) is 17.0 Å². The van der Waals surface area contributed by atoms with Crippen LogP contribution >= 0.6 is 0 Å². The largest absolute Gasteiger partial charge is 0.449 e. The number of amides is 1. The maximum atomic E-state index is 12.5. The number of nitrogens with one attached hydrogen (secondary N) is 1. The van der Waals surface area contributed by atoms with E-state index in [9.17, 15) is 32.9 Å². The van der Waals surface area contributed by atoms with Crippen molar-refractivity contribution in [1.82, 2.24) is 0 Å². The van der Waals surface area contributed by atoms with Crippen molar-refractivity contribution in [1.29, 1.82) is 0 Å². The second kappa shape index (κ2) is 8.07. The van der Waals surface area contributed by atoms with E-state index in [4.69, 9.17) is 4.74 Å². The number of carbonyl (C=O) groups is 2. The fourth-order valence-electron chi connectivity index (χ4n) is 2.31. The average Bonchev–Trinajstić information content (AvgIpc) is 2.61. The van der Waals surface area contributed by atoms with Crippen molar-refractivity contribution in [2.75, 3.05) is 5.32 Å². The summed E-state index contributed by atoms with van der Waals surface area (Å²) in [6.07, 6.45) is -5.78. The number of nitrogens with zero attached hydrogens (tertiary/aromatic N) is 1. The lowest BCUT2D eigenvalue weighted by atomic mass is 10.1. The number of anilines is 1. The van der Waals surface area contributed by atoms with Crippen LogP contribution < -0.4 is 5.32 Å². The van der Waals surface area contributed by atoms with Crippen LogP contribution in [0.3, 0.4) is 0 Å². The Kier molecular flexibility index (Phi) is 6.02. The molecule has 1 amide bonds. The first-order chi connectivity index (χ1) is 13.0. The average molecular weight is 396 g/mol. The van der Waals surface area contributed by atoms with Crippen LogP contribution in [-0.4, -0.2) is 22.9 Å². The third-order valence-corrected chi connectivity index (χ3v) is 3.85. The molecule has 0 aliphatic rings. The van der Waals surface area contributed by atoms with Gasteiger partial charge in [0.25, 0.3) is 11.6 Å². The maximum absolute atomic E-state index is 12.5. The number of hydrogen-bond acceptors (Lipinski definition) is 5. The predicted molar refractivity (Wildman–Crippen MR) is 92.8 cm³/mol. The van der Waals surface area contributed by atoms with Crippen LogP contribution in [0.25, 0.3) is 0 Å². The molecule has 0 spiro atoms. The van der Waals surface area contributed by atoms with E-state index in [2.05, 4.69) is 5.32 Å². The molecular weight excluding hydrogens is 381 g/mol. The number of hydrogen-bond donors (Lipinski definition) is 1. The molecule has 0 fully saturated rings. The first-order valence-corrected chi connectivity index (χ1v) is 7.94. The number of nitro groups is 1. The Bertz CT molecular complexity index is 910. The second-order valence-corrected chi connectivity index (χ2v) is 5.82. The minimum atomic E-state index is -4.50. The van der Waals surface area contributed by atoms with Crippen molar-refractivity contribution in [3.05, 3.63) is 69.3 Å². The summed E-state index contributed by atoms with van der Waals surface area (Å²) < 4.78 is 42.6. The number of rotatable bonds is 5. The molecule has 2 aromatic carbocycles. The van der Waals surface area contributed by atoms with Crippen LogP contribution in [0.15, 0.2) is 42.5 Å². The third kappa shape index (κ3) is 4.84. The molecule has 0 aromatic heterocycles. The van der Waals surface area contributed by atoms with E-state index in [-0.39, 0.29) is 22.5 Å². The number of nitro benzene ring substituents is 1. The molecule has 0 unspecified atom stereocenters. The molecule has 0 heterocycles. The van der Waals surface area contributed by atoms with E-state index in [1.54, 1.807) is 0 Å². The Morgan fingerprint density at radius 3 is 2.29 bits per heavy atom. The van der Waals surface area contributed by atoms with Gasteiger partial charge in [0.2, 0.25) is 0 Å². The molecular formula is C18H15F3N2O5. The zero-order valence-electron chi connectivity index (χ0n) is 14.7. The summed E-state index contributed by atoms with van der Waals surface area (Å²) in [6, 6.07) is 7.62. The van der Waals surface area contributed by atoms with E-state index in [0.29, 0.717) is 0 Å². The highest BCUT2D eigenvalue weighted by molar-refractivity contribution is 5.98. The number of alkyl halides is 3. The molecule has 0 aliphatic heterocycles. The molecule has 7 nitrogen and oxygen atoms in total. The summed E-state index contributed by atoms with van der Waals surface area (Å²) in [5, 5.41) is 13.3. The van der Waals surface area contributed by atoms with Gasteiger partial charge in [-0.2, -0.15) is 13.2 Å². The first-order valence-electron chi connectivity index (χ1n) is 7.94. The molecule has 2 aromatic rings. The van der Waals surface area contributed by atoms with Gasteiger partial charge in [0, 0.05) is 17.3 Å². The molecule has 0 radical (unpaired) electrons. The zero-order valence-corrected chi connectivity index (χ0v) is 14.7.